The highest BCUT2D eigenvalue weighted by Gasteiger charge is 2.23. The Hall–Kier alpha value is -8.41. The third kappa shape index (κ3) is 5.75. The monoisotopic (exact) mass is 807 g/mol. The van der Waals surface area contributed by atoms with Crippen LogP contribution in [0, 0.1) is 0 Å². The highest BCUT2D eigenvalue weighted by atomic mass is 15.3. The van der Waals surface area contributed by atoms with E-state index in [1.807, 2.05) is 84.9 Å². The SMILES string of the molecule is [2H]c1c([2H])c([2H])c2c(c1[2H])c1c([2H])c([2H])c([2H])c([2H])c1n2-c1nc(-c2ccccc2-c2ccccc2-c2ccccc2-c2ccccc2-c2ccccc2)nc(-n2c3c([2H])c([2H])c([2H])c([2H])c3c3c([2H])c([2H])c([2H])c([2H])c32)n1. The molecule has 0 unspecified atom stereocenters. The molecule has 0 fully saturated rings. The van der Waals surface area contributed by atoms with E-state index in [9.17, 15) is 5.48 Å². The Bertz CT molecular complexity index is 4260. The standard InChI is InChI=1S/C57H37N5/c1-2-20-38(21-3-1)39-22-4-5-23-40(39)41-24-6-7-25-42(41)43-26-8-9-27-44(43)45-28-10-11-33-50(45)55-58-56(61-51-34-16-12-29-46(51)47-30-13-17-35-52(47)61)60-57(59-55)62-53-36-18-14-31-48(53)49-32-15-19-37-54(49)62/h1-37H/i12D,13D,14D,15D,16D,17D,18D,19D,29D,30D,31D,32D,34D,35D,36D,37D. The first-order valence-electron chi connectivity index (χ1n) is 27.7. The average molecular weight is 808 g/mol. The van der Waals surface area contributed by atoms with Gasteiger partial charge in [0.1, 0.15) is 0 Å². The summed E-state index contributed by atoms with van der Waals surface area (Å²) < 4.78 is 146. The summed E-state index contributed by atoms with van der Waals surface area (Å²) in [5, 5.41) is -1.08. The predicted molar refractivity (Wildman–Crippen MR) is 256 cm³/mol. The fraction of sp³-hybridized carbons (Fsp3) is 0. The minimum absolute atomic E-state index is 0.156. The normalized spacial score (nSPS) is 15.2. The number of rotatable bonds is 7. The first kappa shape index (κ1) is 22.8. The number of benzene rings is 9. The van der Waals surface area contributed by atoms with Crippen LogP contribution in [0.15, 0.2) is 224 Å². The molecule has 12 aromatic rings. The summed E-state index contributed by atoms with van der Waals surface area (Å²) in [6.07, 6.45) is 0. The van der Waals surface area contributed by atoms with Crippen LogP contribution in [0.5, 0.6) is 0 Å². The lowest BCUT2D eigenvalue weighted by atomic mass is 9.86. The summed E-state index contributed by atoms with van der Waals surface area (Å²) >= 11 is 0. The molecule has 290 valence electrons. The van der Waals surface area contributed by atoms with Crippen molar-refractivity contribution in [3.63, 3.8) is 0 Å². The van der Waals surface area contributed by atoms with Crippen LogP contribution < -0.4 is 0 Å². The van der Waals surface area contributed by atoms with Crippen LogP contribution in [-0.4, -0.2) is 24.1 Å². The zero-order chi connectivity index (χ0) is 54.9. The number of hydrogen-bond donors (Lipinski definition) is 0. The van der Waals surface area contributed by atoms with Crippen LogP contribution in [0.1, 0.15) is 21.9 Å². The van der Waals surface area contributed by atoms with Crippen molar-refractivity contribution in [2.75, 3.05) is 0 Å². The molecule has 0 aliphatic carbocycles. The number of nitrogens with zero attached hydrogens (tertiary/aromatic N) is 5. The zero-order valence-electron chi connectivity index (χ0n) is 48.4. The summed E-state index contributed by atoms with van der Waals surface area (Å²) in [4.78, 5) is 14.9. The summed E-state index contributed by atoms with van der Waals surface area (Å²) in [6, 6.07) is 30.4. The summed E-state index contributed by atoms with van der Waals surface area (Å²) in [6.45, 7) is 0. The van der Waals surface area contributed by atoms with Gasteiger partial charge in [-0.15, -0.1) is 0 Å². The van der Waals surface area contributed by atoms with E-state index in [-0.39, 0.29) is 49.4 Å². The molecule has 12 rings (SSSR count). The molecular formula is C57H37N5. The molecule has 3 aromatic heterocycles. The van der Waals surface area contributed by atoms with E-state index in [0.717, 1.165) is 42.5 Å². The van der Waals surface area contributed by atoms with Crippen molar-refractivity contribution in [1.82, 2.24) is 24.1 Å². The van der Waals surface area contributed by atoms with Crippen LogP contribution in [0.2, 0.25) is 0 Å². The summed E-state index contributed by atoms with van der Waals surface area (Å²) in [5.41, 5.74) is 5.84. The summed E-state index contributed by atoms with van der Waals surface area (Å²) in [5.74, 6) is -1.11. The molecule has 0 amide bonds. The maximum atomic E-state index is 9.33. The first-order valence-corrected chi connectivity index (χ1v) is 19.7. The molecule has 5 nitrogen and oxygen atoms in total. The number of hydrogen-bond acceptors (Lipinski definition) is 3. The zero-order valence-corrected chi connectivity index (χ0v) is 32.4. The van der Waals surface area contributed by atoms with Gasteiger partial charge in [0.05, 0.1) is 44.0 Å². The fourth-order valence-corrected chi connectivity index (χ4v) is 8.32. The third-order valence-corrected chi connectivity index (χ3v) is 11.0. The van der Waals surface area contributed by atoms with Crippen molar-refractivity contribution in [2.24, 2.45) is 0 Å². The lowest BCUT2D eigenvalue weighted by molar-refractivity contribution is 0.893. The number of fused-ring (bicyclic) bond motifs is 6. The Morgan fingerprint density at radius 2 is 0.581 bits per heavy atom. The molecule has 0 aliphatic heterocycles. The number of para-hydroxylation sites is 4. The van der Waals surface area contributed by atoms with Gasteiger partial charge in [0, 0.05) is 27.1 Å². The van der Waals surface area contributed by atoms with Gasteiger partial charge in [0.15, 0.2) is 5.82 Å². The molecule has 5 heteroatoms. The topological polar surface area (TPSA) is 48.5 Å². The van der Waals surface area contributed by atoms with Gasteiger partial charge in [-0.2, -0.15) is 15.0 Å². The Morgan fingerprint density at radius 3 is 0.968 bits per heavy atom. The minimum atomic E-state index is -0.704. The first-order chi connectivity index (χ1) is 37.4. The van der Waals surface area contributed by atoms with Crippen LogP contribution >= 0.6 is 0 Å². The van der Waals surface area contributed by atoms with E-state index < -0.39 is 109 Å². The second kappa shape index (κ2) is 14.7. The third-order valence-electron chi connectivity index (χ3n) is 11.0. The Kier molecular flexibility index (Phi) is 5.41. The maximum absolute atomic E-state index is 9.33. The minimum Gasteiger partial charge on any atom is -0.278 e. The fourth-order valence-electron chi connectivity index (χ4n) is 8.32. The van der Waals surface area contributed by atoms with E-state index in [0.29, 0.717) is 16.7 Å². The second-order valence-electron chi connectivity index (χ2n) is 14.4. The van der Waals surface area contributed by atoms with Crippen molar-refractivity contribution in [2.45, 2.75) is 0 Å². The van der Waals surface area contributed by atoms with Crippen molar-refractivity contribution in [1.29, 1.82) is 0 Å². The Labute approximate surface area is 381 Å². The quantitative estimate of drug-likeness (QED) is 0.161. The average Bonchev–Trinajstić information content (AvgIpc) is 3.98. The molecule has 3 heterocycles. The molecule has 0 aliphatic rings. The summed E-state index contributed by atoms with van der Waals surface area (Å²) in [7, 11) is 0. The predicted octanol–water partition coefficient (Wildman–Crippen LogP) is 14.4. The van der Waals surface area contributed by atoms with Crippen LogP contribution in [0.25, 0.3) is 111 Å². The Balaban J connectivity index is 1.23. The van der Waals surface area contributed by atoms with Crippen molar-refractivity contribution >= 4 is 43.6 Å². The highest BCUT2D eigenvalue weighted by molar-refractivity contribution is 6.10. The van der Waals surface area contributed by atoms with Crippen molar-refractivity contribution in [3.05, 3.63) is 224 Å². The highest BCUT2D eigenvalue weighted by Crippen LogP contribution is 2.44. The number of aromatic nitrogens is 5. The molecular weight excluding hydrogens is 755 g/mol. The van der Waals surface area contributed by atoms with Gasteiger partial charge in [-0.05, 0) is 68.7 Å². The lowest BCUT2D eigenvalue weighted by Crippen LogP contribution is -2.10. The van der Waals surface area contributed by atoms with Gasteiger partial charge in [-0.3, -0.25) is 9.13 Å². The van der Waals surface area contributed by atoms with Crippen LogP contribution in [0.4, 0.5) is 0 Å². The molecule has 0 atom stereocenters. The van der Waals surface area contributed by atoms with Crippen LogP contribution in [-0.2, 0) is 0 Å². The van der Waals surface area contributed by atoms with E-state index in [2.05, 4.69) is 30.3 Å². The van der Waals surface area contributed by atoms with Gasteiger partial charge in [-0.1, -0.05) is 200 Å². The Morgan fingerprint density at radius 1 is 0.290 bits per heavy atom. The molecule has 0 saturated heterocycles. The smallest absolute Gasteiger partial charge is 0.240 e. The van der Waals surface area contributed by atoms with Gasteiger partial charge >= 0.3 is 0 Å². The van der Waals surface area contributed by atoms with Gasteiger partial charge in [0.2, 0.25) is 11.9 Å². The molecule has 0 spiro atoms. The molecule has 0 N–H and O–H groups in total. The van der Waals surface area contributed by atoms with Crippen LogP contribution in [0.3, 0.4) is 0 Å². The molecule has 0 bridgehead atoms. The molecule has 9 aromatic carbocycles. The molecule has 0 radical (unpaired) electrons. The van der Waals surface area contributed by atoms with Crippen molar-refractivity contribution in [3.8, 4) is 67.8 Å². The van der Waals surface area contributed by atoms with E-state index >= 15 is 0 Å². The molecule has 62 heavy (non-hydrogen) atoms. The van der Waals surface area contributed by atoms with Gasteiger partial charge in [0.25, 0.3) is 0 Å². The van der Waals surface area contributed by atoms with E-state index in [4.69, 9.17) is 31.4 Å². The van der Waals surface area contributed by atoms with Crippen molar-refractivity contribution < 1.29 is 21.9 Å². The maximum Gasteiger partial charge on any atom is 0.240 e. The van der Waals surface area contributed by atoms with E-state index in [1.54, 1.807) is 12.1 Å². The second-order valence-corrected chi connectivity index (χ2v) is 14.4. The molecule has 0 saturated carbocycles. The lowest BCUT2D eigenvalue weighted by Gasteiger charge is -2.19. The van der Waals surface area contributed by atoms with Gasteiger partial charge in [-0.25, -0.2) is 0 Å². The largest absolute Gasteiger partial charge is 0.278 e. The van der Waals surface area contributed by atoms with Gasteiger partial charge < -0.3 is 0 Å². The van der Waals surface area contributed by atoms with E-state index in [1.165, 1.54) is 0 Å².